The number of nitrogens with zero attached hydrogens (tertiary/aromatic N) is 4. The van der Waals surface area contributed by atoms with Gasteiger partial charge in [-0.1, -0.05) is 0 Å². The summed E-state index contributed by atoms with van der Waals surface area (Å²) in [6, 6.07) is 0. The minimum atomic E-state index is -3.11. The molecule has 2 heterocycles. The summed E-state index contributed by atoms with van der Waals surface area (Å²) in [5.74, 6) is -3.21. The molecule has 23 heavy (non-hydrogen) atoms. The molecule has 0 bridgehead atoms. The minimum absolute atomic E-state index is 0. The van der Waals surface area contributed by atoms with Gasteiger partial charge >= 0.3 is 0 Å². The molecule has 2 aromatic heterocycles. The molecule has 0 saturated carbocycles. The maximum Gasteiger partial charge on any atom is 0.277 e. The number of amides is 1. The van der Waals surface area contributed by atoms with Crippen molar-refractivity contribution >= 4 is 47.7 Å². The fourth-order valence-corrected chi connectivity index (χ4v) is 1.69. The highest BCUT2D eigenvalue weighted by Crippen LogP contribution is 2.17. The number of fused-ring (bicyclic) bond motifs is 1. The summed E-state index contributed by atoms with van der Waals surface area (Å²) in [5, 5.41) is 2.14. The van der Waals surface area contributed by atoms with Crippen LogP contribution in [-0.4, -0.2) is 58.4 Å². The highest BCUT2D eigenvalue weighted by molar-refractivity contribution is 5.87. The van der Waals surface area contributed by atoms with Crippen LogP contribution in [0.4, 0.5) is 14.6 Å². The summed E-state index contributed by atoms with van der Waals surface area (Å²) in [5.41, 5.74) is 5.93. The smallest absolute Gasteiger partial charge is 0.277 e. The second-order valence-corrected chi connectivity index (χ2v) is 4.49. The zero-order chi connectivity index (χ0) is 15.5. The molecule has 0 aliphatic heterocycles. The second kappa shape index (κ2) is 8.75. The quantitative estimate of drug-likeness (QED) is 0.674. The standard InChI is InChI=1S/C11H15F2N7O.2ClH/c1-20(2-7(21)15-4-11(12,13)3-14)10-8-9(17-5-16-8)18-6-19-10;;/h5-6H,2-4,14H2,1H3,(H,15,21)(H,16,17,18,19);2*1H. The summed E-state index contributed by atoms with van der Waals surface area (Å²) in [4.78, 5) is 28.0. The van der Waals surface area contributed by atoms with Gasteiger partial charge in [0, 0.05) is 7.05 Å². The molecule has 12 heteroatoms. The molecular formula is C11H17Cl2F2N7O. The number of rotatable bonds is 6. The van der Waals surface area contributed by atoms with Crippen molar-refractivity contribution in [1.29, 1.82) is 0 Å². The molecule has 1 amide bonds. The van der Waals surface area contributed by atoms with Crippen molar-refractivity contribution in [2.75, 3.05) is 31.6 Å². The van der Waals surface area contributed by atoms with E-state index in [0.717, 1.165) is 0 Å². The monoisotopic (exact) mass is 371 g/mol. The van der Waals surface area contributed by atoms with Gasteiger partial charge in [0.15, 0.2) is 11.5 Å². The van der Waals surface area contributed by atoms with Crippen molar-refractivity contribution in [3.05, 3.63) is 12.7 Å². The van der Waals surface area contributed by atoms with Crippen LogP contribution in [0.15, 0.2) is 12.7 Å². The first-order valence-corrected chi connectivity index (χ1v) is 6.13. The van der Waals surface area contributed by atoms with Crippen molar-refractivity contribution in [2.24, 2.45) is 5.73 Å². The van der Waals surface area contributed by atoms with Crippen molar-refractivity contribution in [3.8, 4) is 0 Å². The van der Waals surface area contributed by atoms with Gasteiger partial charge in [0.1, 0.15) is 11.8 Å². The highest BCUT2D eigenvalue weighted by Gasteiger charge is 2.27. The summed E-state index contributed by atoms with van der Waals surface area (Å²) in [6.45, 7) is -1.74. The number of carbonyl (C=O) groups is 1. The Hall–Kier alpha value is -1.78. The summed E-state index contributed by atoms with van der Waals surface area (Å²) in [7, 11) is 1.61. The minimum Gasteiger partial charge on any atom is -0.348 e. The lowest BCUT2D eigenvalue weighted by atomic mass is 10.3. The van der Waals surface area contributed by atoms with Crippen LogP contribution in [0.3, 0.4) is 0 Å². The SMILES string of the molecule is CN(CC(=O)NCC(F)(F)CN)c1ncnc2nc[nH]c12.Cl.Cl. The van der Waals surface area contributed by atoms with E-state index in [1.807, 2.05) is 0 Å². The third-order valence-corrected chi connectivity index (χ3v) is 2.79. The number of hydrogen-bond acceptors (Lipinski definition) is 6. The molecule has 4 N–H and O–H groups in total. The molecule has 0 radical (unpaired) electrons. The Morgan fingerprint density at radius 2 is 2.09 bits per heavy atom. The number of anilines is 1. The van der Waals surface area contributed by atoms with Crippen LogP contribution in [0.2, 0.25) is 0 Å². The average Bonchev–Trinajstić information content (AvgIpc) is 2.93. The molecule has 130 valence electrons. The van der Waals surface area contributed by atoms with Crippen LogP contribution in [0.25, 0.3) is 11.2 Å². The van der Waals surface area contributed by atoms with Gasteiger partial charge in [-0.25, -0.2) is 23.7 Å². The average molecular weight is 372 g/mol. The predicted molar refractivity (Wildman–Crippen MR) is 86.5 cm³/mol. The Bertz CT molecular complexity index is 640. The molecule has 8 nitrogen and oxygen atoms in total. The van der Waals surface area contributed by atoms with Gasteiger partial charge in [-0.05, 0) is 0 Å². The zero-order valence-electron chi connectivity index (χ0n) is 12.1. The Kier molecular flexibility index (Phi) is 8.07. The first-order chi connectivity index (χ1) is 9.93. The molecular weight excluding hydrogens is 355 g/mol. The highest BCUT2D eigenvalue weighted by atomic mass is 35.5. The van der Waals surface area contributed by atoms with Crippen LogP contribution in [0.1, 0.15) is 0 Å². The zero-order valence-corrected chi connectivity index (χ0v) is 13.8. The first kappa shape index (κ1) is 21.2. The molecule has 2 aromatic rings. The van der Waals surface area contributed by atoms with Gasteiger partial charge in [0.25, 0.3) is 5.92 Å². The summed E-state index contributed by atoms with van der Waals surface area (Å²) in [6.07, 6.45) is 2.77. The maximum atomic E-state index is 13.0. The van der Waals surface area contributed by atoms with E-state index in [4.69, 9.17) is 5.73 Å². The second-order valence-electron chi connectivity index (χ2n) is 4.49. The van der Waals surface area contributed by atoms with Crippen LogP contribution in [0.5, 0.6) is 0 Å². The lowest BCUT2D eigenvalue weighted by molar-refractivity contribution is -0.121. The predicted octanol–water partition coefficient (Wildman–Crippen LogP) is 0.343. The molecule has 0 saturated heterocycles. The van der Waals surface area contributed by atoms with Crippen molar-refractivity contribution < 1.29 is 13.6 Å². The van der Waals surface area contributed by atoms with Crippen LogP contribution in [0, 0.1) is 0 Å². The van der Waals surface area contributed by atoms with Crippen LogP contribution < -0.4 is 16.0 Å². The van der Waals surface area contributed by atoms with E-state index in [2.05, 4.69) is 25.3 Å². The number of halogens is 4. The molecule has 0 atom stereocenters. The van der Waals surface area contributed by atoms with Gasteiger partial charge in [-0.15, -0.1) is 24.8 Å². The van der Waals surface area contributed by atoms with Crippen LogP contribution >= 0.6 is 24.8 Å². The fourth-order valence-electron chi connectivity index (χ4n) is 1.69. The third kappa shape index (κ3) is 5.41. The van der Waals surface area contributed by atoms with Gasteiger partial charge < -0.3 is 20.9 Å². The number of aromatic nitrogens is 4. The molecule has 0 spiro atoms. The molecule has 0 aliphatic carbocycles. The molecule has 2 rings (SSSR count). The van der Waals surface area contributed by atoms with E-state index >= 15 is 0 Å². The van der Waals surface area contributed by atoms with E-state index in [1.165, 1.54) is 17.6 Å². The number of imidazole rings is 1. The van der Waals surface area contributed by atoms with Crippen LogP contribution in [-0.2, 0) is 4.79 Å². The number of H-pyrrole nitrogens is 1. The Morgan fingerprint density at radius 1 is 1.39 bits per heavy atom. The van der Waals surface area contributed by atoms with Crippen molar-refractivity contribution in [3.63, 3.8) is 0 Å². The van der Waals surface area contributed by atoms with Crippen molar-refractivity contribution in [2.45, 2.75) is 5.92 Å². The van der Waals surface area contributed by atoms with Gasteiger partial charge in [0.05, 0.1) is 26.0 Å². The number of nitrogens with one attached hydrogen (secondary N) is 2. The fraction of sp³-hybridized carbons (Fsp3) is 0.455. The van der Waals surface area contributed by atoms with Gasteiger partial charge in [-0.2, -0.15) is 0 Å². The van der Waals surface area contributed by atoms with Gasteiger partial charge in [0.2, 0.25) is 5.91 Å². The Balaban J connectivity index is 0.00000242. The molecule has 0 fully saturated rings. The van der Waals surface area contributed by atoms with E-state index in [9.17, 15) is 13.6 Å². The van der Waals surface area contributed by atoms with Crippen molar-refractivity contribution in [1.82, 2.24) is 25.3 Å². The molecule has 0 unspecified atom stereocenters. The number of carbonyl (C=O) groups excluding carboxylic acids is 1. The number of alkyl halides is 2. The van der Waals surface area contributed by atoms with Gasteiger partial charge in [-0.3, -0.25) is 4.79 Å². The molecule has 0 aromatic carbocycles. The third-order valence-electron chi connectivity index (χ3n) is 2.79. The Labute approximate surface area is 143 Å². The normalized spacial score (nSPS) is 10.6. The number of hydrogen-bond donors (Lipinski definition) is 3. The van der Waals surface area contributed by atoms with E-state index < -0.39 is 24.9 Å². The largest absolute Gasteiger partial charge is 0.348 e. The van der Waals surface area contributed by atoms with E-state index in [1.54, 1.807) is 7.05 Å². The lowest BCUT2D eigenvalue weighted by Gasteiger charge is -2.19. The number of likely N-dealkylation sites (N-methyl/N-ethyl adjacent to an activating group) is 1. The number of nitrogens with two attached hydrogens (primary N) is 1. The van der Waals surface area contributed by atoms with E-state index in [0.29, 0.717) is 17.0 Å². The Morgan fingerprint density at radius 3 is 2.74 bits per heavy atom. The number of aromatic amines is 1. The summed E-state index contributed by atoms with van der Waals surface area (Å²) < 4.78 is 25.9. The van der Waals surface area contributed by atoms with E-state index in [-0.39, 0.29) is 31.4 Å². The lowest BCUT2D eigenvalue weighted by Crippen LogP contribution is -2.44. The molecule has 0 aliphatic rings. The topological polar surface area (TPSA) is 113 Å². The first-order valence-electron chi connectivity index (χ1n) is 6.13. The maximum absolute atomic E-state index is 13.0. The summed E-state index contributed by atoms with van der Waals surface area (Å²) >= 11 is 0.